The van der Waals surface area contributed by atoms with Crippen molar-refractivity contribution in [3.63, 3.8) is 0 Å². The fraction of sp³-hybridized carbons (Fsp3) is 1.00. The standard InChI is InChI=1S/C28H47NO3/c1-16-14-17(9-13-29)32-22-21(16)25(4)11-12-28-15-27(28)10-8-20(30)24(2,3)18(27)6-7-19(28)26(25,5)23(22)31/h16-23,30-31H,6-15,29H2,1-5H3/t16-,17+,18+,19+,20?,21?,22+,23+,25-,26-,27?,28+/m1/s1. The van der Waals surface area contributed by atoms with Crippen LogP contribution in [0.1, 0.15) is 92.4 Å². The van der Waals surface area contributed by atoms with Crippen LogP contribution in [0.5, 0.6) is 0 Å². The lowest BCUT2D eigenvalue weighted by atomic mass is 9.41. The van der Waals surface area contributed by atoms with Crippen molar-refractivity contribution in [1.82, 2.24) is 0 Å². The first-order valence-electron chi connectivity index (χ1n) is 13.7. The van der Waals surface area contributed by atoms with Crippen LogP contribution in [-0.2, 0) is 4.74 Å². The highest BCUT2D eigenvalue weighted by Crippen LogP contribution is 2.89. The average Bonchev–Trinajstić information content (AvgIpc) is 3.36. The summed E-state index contributed by atoms with van der Waals surface area (Å²) in [5.41, 5.74) is 6.76. The first-order chi connectivity index (χ1) is 15.0. The Morgan fingerprint density at radius 3 is 2.34 bits per heavy atom. The molecule has 6 aliphatic rings. The summed E-state index contributed by atoms with van der Waals surface area (Å²) in [7, 11) is 0. The highest BCUT2D eigenvalue weighted by atomic mass is 16.5. The predicted octanol–water partition coefficient (Wildman–Crippen LogP) is 4.51. The Kier molecular flexibility index (Phi) is 4.55. The zero-order chi connectivity index (χ0) is 22.9. The summed E-state index contributed by atoms with van der Waals surface area (Å²) in [6.07, 6.45) is 10.1. The van der Waals surface area contributed by atoms with Gasteiger partial charge in [0.15, 0.2) is 0 Å². The fourth-order valence-electron chi connectivity index (χ4n) is 11.8. The lowest BCUT2D eigenvalue weighted by Gasteiger charge is -2.63. The first kappa shape index (κ1) is 22.3. The van der Waals surface area contributed by atoms with E-state index in [4.69, 9.17) is 10.5 Å². The second kappa shape index (κ2) is 6.53. The Morgan fingerprint density at radius 1 is 0.938 bits per heavy atom. The molecule has 12 atom stereocenters. The third-order valence-electron chi connectivity index (χ3n) is 13.3. The van der Waals surface area contributed by atoms with E-state index in [-0.39, 0.29) is 40.7 Å². The van der Waals surface area contributed by atoms with Gasteiger partial charge in [-0.1, -0.05) is 34.6 Å². The lowest BCUT2D eigenvalue weighted by Crippen LogP contribution is -2.59. The zero-order valence-corrected chi connectivity index (χ0v) is 21.1. The molecule has 0 radical (unpaired) electrons. The molecular weight excluding hydrogens is 398 g/mol. The summed E-state index contributed by atoms with van der Waals surface area (Å²) in [5, 5.41) is 22.9. The zero-order valence-electron chi connectivity index (χ0n) is 21.1. The van der Waals surface area contributed by atoms with Gasteiger partial charge in [0.25, 0.3) is 0 Å². The van der Waals surface area contributed by atoms with E-state index in [0.29, 0.717) is 41.0 Å². The molecular formula is C28H47NO3. The maximum atomic E-state index is 12.1. The Labute approximate surface area is 195 Å². The molecule has 182 valence electrons. The highest BCUT2D eigenvalue weighted by Gasteiger charge is 2.84. The number of rotatable bonds is 2. The minimum absolute atomic E-state index is 0.0176. The number of aliphatic hydroxyl groups excluding tert-OH is 2. The van der Waals surface area contributed by atoms with Crippen molar-refractivity contribution in [2.45, 2.75) is 117 Å². The van der Waals surface area contributed by atoms with Crippen molar-refractivity contribution in [3.05, 3.63) is 0 Å². The Morgan fingerprint density at radius 2 is 1.62 bits per heavy atom. The van der Waals surface area contributed by atoms with Gasteiger partial charge in [-0.2, -0.15) is 0 Å². The van der Waals surface area contributed by atoms with Crippen LogP contribution in [0.2, 0.25) is 0 Å². The number of ether oxygens (including phenoxy) is 1. The molecule has 4 N–H and O–H groups in total. The molecule has 6 rings (SSSR count). The van der Waals surface area contributed by atoms with Gasteiger partial charge in [0.1, 0.15) is 0 Å². The van der Waals surface area contributed by atoms with E-state index in [0.717, 1.165) is 19.3 Å². The smallest absolute Gasteiger partial charge is 0.0879 e. The molecule has 1 saturated heterocycles. The van der Waals surface area contributed by atoms with Crippen LogP contribution in [0.4, 0.5) is 0 Å². The molecule has 6 fully saturated rings. The minimum atomic E-state index is -0.376. The molecule has 3 unspecified atom stereocenters. The molecule has 5 aliphatic carbocycles. The Balaban J connectivity index is 1.38. The molecule has 4 heteroatoms. The maximum Gasteiger partial charge on any atom is 0.0879 e. The van der Waals surface area contributed by atoms with Gasteiger partial charge >= 0.3 is 0 Å². The number of fused-ring (bicyclic) bond motifs is 4. The minimum Gasteiger partial charge on any atom is -0.393 e. The van der Waals surface area contributed by atoms with Gasteiger partial charge in [0.2, 0.25) is 0 Å². The first-order valence-corrected chi connectivity index (χ1v) is 13.7. The second-order valence-electron chi connectivity index (χ2n) is 14.2. The van der Waals surface area contributed by atoms with Gasteiger partial charge in [-0.25, -0.2) is 0 Å². The number of aliphatic hydroxyl groups is 2. The largest absolute Gasteiger partial charge is 0.393 e. The molecule has 0 aromatic carbocycles. The average molecular weight is 446 g/mol. The van der Waals surface area contributed by atoms with Crippen molar-refractivity contribution >= 4 is 0 Å². The molecule has 0 amide bonds. The molecule has 1 heterocycles. The number of nitrogens with two attached hydrogens (primary N) is 1. The monoisotopic (exact) mass is 445 g/mol. The van der Waals surface area contributed by atoms with Crippen LogP contribution in [0.3, 0.4) is 0 Å². The van der Waals surface area contributed by atoms with E-state index in [2.05, 4.69) is 34.6 Å². The number of hydrogen-bond donors (Lipinski definition) is 3. The summed E-state index contributed by atoms with van der Waals surface area (Å²) < 4.78 is 6.67. The van der Waals surface area contributed by atoms with Crippen molar-refractivity contribution in [2.24, 2.45) is 56.5 Å². The topological polar surface area (TPSA) is 75.7 Å². The number of hydrogen-bond acceptors (Lipinski definition) is 4. The van der Waals surface area contributed by atoms with Crippen LogP contribution >= 0.6 is 0 Å². The van der Waals surface area contributed by atoms with Gasteiger partial charge in [-0.15, -0.1) is 0 Å². The van der Waals surface area contributed by atoms with E-state index in [9.17, 15) is 10.2 Å². The van der Waals surface area contributed by atoms with E-state index in [1.54, 1.807) is 0 Å². The highest BCUT2D eigenvalue weighted by molar-refractivity contribution is 5.32. The van der Waals surface area contributed by atoms with Crippen LogP contribution in [-0.4, -0.2) is 41.2 Å². The van der Waals surface area contributed by atoms with Gasteiger partial charge in [0.05, 0.1) is 24.4 Å². The van der Waals surface area contributed by atoms with Crippen LogP contribution in [0.15, 0.2) is 0 Å². The SMILES string of the molecule is C[C@@H]1C[C@H](CCN)O[C@H]2C1[C@@]1(C)CC[C@@]34CC35CCC(O)C(C)(C)[C@@H]5CC[C@H]4[C@]1(C)[C@H]2O. The van der Waals surface area contributed by atoms with E-state index >= 15 is 0 Å². The molecule has 2 spiro atoms. The van der Waals surface area contributed by atoms with E-state index < -0.39 is 0 Å². The summed E-state index contributed by atoms with van der Waals surface area (Å²) >= 11 is 0. The van der Waals surface area contributed by atoms with Crippen molar-refractivity contribution < 1.29 is 14.9 Å². The quantitative estimate of drug-likeness (QED) is 0.585. The summed E-state index contributed by atoms with van der Waals surface area (Å²) in [6, 6.07) is 0. The lowest BCUT2D eigenvalue weighted by molar-refractivity contribution is -0.182. The van der Waals surface area contributed by atoms with Crippen molar-refractivity contribution in [1.29, 1.82) is 0 Å². The van der Waals surface area contributed by atoms with E-state index in [1.807, 2.05) is 0 Å². The second-order valence-corrected chi connectivity index (χ2v) is 14.2. The molecule has 32 heavy (non-hydrogen) atoms. The van der Waals surface area contributed by atoms with Crippen LogP contribution in [0, 0.1) is 50.7 Å². The van der Waals surface area contributed by atoms with Gasteiger partial charge < -0.3 is 20.7 Å². The van der Waals surface area contributed by atoms with Crippen molar-refractivity contribution in [2.75, 3.05) is 6.54 Å². The van der Waals surface area contributed by atoms with Crippen LogP contribution < -0.4 is 5.73 Å². The Hall–Kier alpha value is -0.160. The molecule has 1 aliphatic heterocycles. The molecule has 0 aromatic heterocycles. The molecule has 0 bridgehead atoms. The molecule has 5 saturated carbocycles. The normalized spacial score (nSPS) is 62.2. The van der Waals surface area contributed by atoms with E-state index in [1.165, 1.54) is 38.5 Å². The van der Waals surface area contributed by atoms with Gasteiger partial charge in [0, 0.05) is 5.41 Å². The van der Waals surface area contributed by atoms with Crippen molar-refractivity contribution in [3.8, 4) is 0 Å². The third-order valence-corrected chi connectivity index (χ3v) is 13.3. The molecule has 4 nitrogen and oxygen atoms in total. The predicted molar refractivity (Wildman–Crippen MR) is 126 cm³/mol. The van der Waals surface area contributed by atoms with Gasteiger partial charge in [-0.3, -0.25) is 0 Å². The summed E-state index contributed by atoms with van der Waals surface area (Å²) in [5.74, 6) is 2.24. The molecule has 0 aromatic rings. The fourth-order valence-corrected chi connectivity index (χ4v) is 11.8. The maximum absolute atomic E-state index is 12.1. The summed E-state index contributed by atoms with van der Waals surface area (Å²) in [6.45, 7) is 12.7. The van der Waals surface area contributed by atoms with Gasteiger partial charge in [-0.05, 0) is 110 Å². The Bertz CT molecular complexity index is 800. The summed E-state index contributed by atoms with van der Waals surface area (Å²) in [4.78, 5) is 0. The third kappa shape index (κ3) is 2.26. The van der Waals surface area contributed by atoms with Crippen LogP contribution in [0.25, 0.3) is 0 Å².